The van der Waals surface area contributed by atoms with Crippen LogP contribution in [-0.2, 0) is 6.42 Å². The molecule has 1 unspecified atom stereocenters. The van der Waals surface area contributed by atoms with Crippen molar-refractivity contribution in [2.75, 3.05) is 11.9 Å². The molecule has 4 rings (SSSR count). The van der Waals surface area contributed by atoms with Gasteiger partial charge in [0.15, 0.2) is 0 Å². The maximum absolute atomic E-state index is 4.43. The Morgan fingerprint density at radius 1 is 1.20 bits per heavy atom. The Morgan fingerprint density at radius 3 is 2.57 bits per heavy atom. The summed E-state index contributed by atoms with van der Waals surface area (Å²) in [6.45, 7) is 18.0. The maximum Gasteiger partial charge on any atom is 0.0624 e. The molecule has 0 saturated heterocycles. The number of hydrogen-bond acceptors (Lipinski definition) is 2. The summed E-state index contributed by atoms with van der Waals surface area (Å²) in [4.78, 5) is 6.08. The van der Waals surface area contributed by atoms with Crippen molar-refractivity contribution >= 4 is 22.2 Å². The summed E-state index contributed by atoms with van der Waals surface area (Å²) in [6.07, 6.45) is 6.73. The largest absolute Gasteiger partial charge is 0.381 e. The van der Waals surface area contributed by atoms with Gasteiger partial charge in [0.1, 0.15) is 0 Å². The van der Waals surface area contributed by atoms with Gasteiger partial charge in [-0.25, -0.2) is 0 Å². The van der Waals surface area contributed by atoms with Crippen LogP contribution in [0.2, 0.25) is 0 Å². The lowest BCUT2D eigenvalue weighted by Crippen LogP contribution is -2.33. The first-order valence-corrected chi connectivity index (χ1v) is 11.4. The van der Waals surface area contributed by atoms with Crippen LogP contribution in [0.25, 0.3) is 16.5 Å². The van der Waals surface area contributed by atoms with E-state index >= 15 is 0 Å². The average Bonchev–Trinajstić information content (AvgIpc) is 3.10. The van der Waals surface area contributed by atoms with Gasteiger partial charge < -0.3 is 15.2 Å². The van der Waals surface area contributed by atoms with E-state index in [9.17, 15) is 0 Å². The smallest absolute Gasteiger partial charge is 0.0624 e. The van der Waals surface area contributed by atoms with E-state index in [0.717, 1.165) is 18.5 Å². The third kappa shape index (κ3) is 3.19. The van der Waals surface area contributed by atoms with Crippen molar-refractivity contribution in [2.24, 2.45) is 0 Å². The molecule has 2 N–H and O–H groups in total. The third-order valence-corrected chi connectivity index (χ3v) is 7.10. The lowest BCUT2D eigenvalue weighted by molar-refractivity contribution is 0.551. The molecule has 0 amide bonds. The van der Waals surface area contributed by atoms with Gasteiger partial charge in [0.05, 0.1) is 22.6 Å². The minimum atomic E-state index is 0.381. The minimum Gasteiger partial charge on any atom is -0.381 e. The van der Waals surface area contributed by atoms with Gasteiger partial charge in [-0.15, -0.1) is 0 Å². The Balaban J connectivity index is 2.10. The molecule has 0 fully saturated rings. The standard InChI is InChI=1S/C27H37N3/c1-9-20-12-19-14-28-26-24-17(6)10-11-21(15(2)3)22(24)13-23(25(19)26)30(8)27(16(4)5)18(7)29-20/h13-14,17,20,28-29H,7,9-12H2,1-6,8H3/t17?,20-/m1/s1. The molecule has 2 atom stereocenters. The van der Waals surface area contributed by atoms with E-state index in [1.54, 1.807) is 0 Å². The minimum absolute atomic E-state index is 0.381. The van der Waals surface area contributed by atoms with Gasteiger partial charge in [-0.1, -0.05) is 31.6 Å². The predicted octanol–water partition coefficient (Wildman–Crippen LogP) is 7.03. The van der Waals surface area contributed by atoms with Crippen molar-refractivity contribution in [3.8, 4) is 0 Å². The number of aromatic nitrogens is 1. The summed E-state index contributed by atoms with van der Waals surface area (Å²) in [7, 11) is 2.20. The summed E-state index contributed by atoms with van der Waals surface area (Å²) in [5.74, 6) is 0.569. The highest BCUT2D eigenvalue weighted by Crippen LogP contribution is 2.47. The van der Waals surface area contributed by atoms with Gasteiger partial charge in [-0.2, -0.15) is 0 Å². The first kappa shape index (κ1) is 20.8. The van der Waals surface area contributed by atoms with Crippen molar-refractivity contribution in [2.45, 2.75) is 79.2 Å². The Bertz CT molecular complexity index is 1070. The lowest BCUT2D eigenvalue weighted by Gasteiger charge is -2.32. The van der Waals surface area contributed by atoms with Crippen LogP contribution in [0.5, 0.6) is 0 Å². The zero-order valence-electron chi connectivity index (χ0n) is 19.8. The molecular formula is C27H37N3. The molecule has 160 valence electrons. The quantitative estimate of drug-likeness (QED) is 0.536. The molecule has 0 bridgehead atoms. The number of nitrogens with one attached hydrogen (secondary N) is 2. The molecule has 1 aliphatic carbocycles. The highest BCUT2D eigenvalue weighted by Gasteiger charge is 2.30. The molecule has 0 saturated carbocycles. The number of benzene rings is 1. The third-order valence-electron chi connectivity index (χ3n) is 7.10. The van der Waals surface area contributed by atoms with E-state index in [1.165, 1.54) is 68.5 Å². The first-order chi connectivity index (χ1) is 14.2. The van der Waals surface area contributed by atoms with E-state index in [-0.39, 0.29) is 0 Å². The van der Waals surface area contributed by atoms with Crippen LogP contribution >= 0.6 is 0 Å². The number of rotatable bonds is 1. The number of allylic oxidation sites excluding steroid dienone is 3. The van der Waals surface area contributed by atoms with Crippen molar-refractivity contribution in [1.29, 1.82) is 0 Å². The van der Waals surface area contributed by atoms with Gasteiger partial charge in [-0.05, 0) is 87.6 Å². The van der Waals surface area contributed by atoms with Crippen molar-refractivity contribution in [3.63, 3.8) is 0 Å². The number of fused-ring (bicyclic) bond motifs is 2. The van der Waals surface area contributed by atoms with Gasteiger partial charge in [-0.3, -0.25) is 0 Å². The number of H-pyrrole nitrogens is 1. The topological polar surface area (TPSA) is 31.1 Å². The second kappa shape index (κ2) is 7.68. The number of likely N-dealkylation sites (N-methyl/N-ethyl adjacent to an activating group) is 1. The molecule has 0 radical (unpaired) electrons. The number of anilines is 1. The number of nitrogens with zero attached hydrogens (tertiary/aromatic N) is 1. The number of aromatic amines is 1. The molecule has 3 heteroatoms. The van der Waals surface area contributed by atoms with E-state index in [2.05, 4.69) is 82.6 Å². The second-order valence-electron chi connectivity index (χ2n) is 9.68. The molecule has 2 aromatic rings. The average molecular weight is 404 g/mol. The van der Waals surface area contributed by atoms with Gasteiger partial charge >= 0.3 is 0 Å². The maximum atomic E-state index is 4.43. The fourth-order valence-corrected chi connectivity index (χ4v) is 5.57. The van der Waals surface area contributed by atoms with Gasteiger partial charge in [0, 0.05) is 24.7 Å². The summed E-state index contributed by atoms with van der Waals surface area (Å²) >= 11 is 0. The SMILES string of the molecule is C=C1N[C@H](CC)Cc2c[nH]c3c4c(cc(c23)N(C)C1=C(C)C)C(=C(C)C)CCC4C. The zero-order valence-corrected chi connectivity index (χ0v) is 19.8. The molecule has 2 heterocycles. The highest BCUT2D eigenvalue weighted by molar-refractivity contribution is 6.02. The van der Waals surface area contributed by atoms with Crippen molar-refractivity contribution in [3.05, 3.63) is 58.1 Å². The molecule has 2 aliphatic rings. The van der Waals surface area contributed by atoms with E-state index in [1.807, 2.05) is 0 Å². The molecule has 3 nitrogen and oxygen atoms in total. The van der Waals surface area contributed by atoms with E-state index in [4.69, 9.17) is 0 Å². The molecular weight excluding hydrogens is 366 g/mol. The Hall–Kier alpha value is -2.42. The Labute approximate surface area is 181 Å². The molecule has 1 aromatic carbocycles. The Morgan fingerprint density at radius 2 is 1.93 bits per heavy atom. The highest BCUT2D eigenvalue weighted by atomic mass is 15.2. The van der Waals surface area contributed by atoms with Crippen LogP contribution in [0.3, 0.4) is 0 Å². The predicted molar refractivity (Wildman–Crippen MR) is 131 cm³/mol. The fourth-order valence-electron chi connectivity index (χ4n) is 5.57. The molecule has 30 heavy (non-hydrogen) atoms. The number of hydrogen-bond donors (Lipinski definition) is 2. The zero-order chi connectivity index (χ0) is 21.7. The van der Waals surface area contributed by atoms with Crippen LogP contribution in [0.4, 0.5) is 5.69 Å². The summed E-state index contributed by atoms with van der Waals surface area (Å²) in [6, 6.07) is 2.85. The van der Waals surface area contributed by atoms with E-state index in [0.29, 0.717) is 12.0 Å². The van der Waals surface area contributed by atoms with Gasteiger partial charge in [0.25, 0.3) is 0 Å². The Kier molecular flexibility index (Phi) is 5.34. The van der Waals surface area contributed by atoms with Crippen LogP contribution in [0.15, 0.2) is 41.4 Å². The van der Waals surface area contributed by atoms with Crippen LogP contribution in [0, 0.1) is 0 Å². The fraction of sp³-hybridized carbons (Fsp3) is 0.481. The van der Waals surface area contributed by atoms with Crippen LogP contribution < -0.4 is 10.2 Å². The van der Waals surface area contributed by atoms with Crippen LogP contribution in [0.1, 0.15) is 83.4 Å². The summed E-state index contributed by atoms with van der Waals surface area (Å²) in [5, 5.41) is 5.12. The first-order valence-electron chi connectivity index (χ1n) is 11.4. The molecule has 0 spiro atoms. The molecule has 1 aliphatic heterocycles. The van der Waals surface area contributed by atoms with Crippen molar-refractivity contribution in [1.82, 2.24) is 10.3 Å². The second-order valence-corrected chi connectivity index (χ2v) is 9.68. The van der Waals surface area contributed by atoms with Crippen molar-refractivity contribution < 1.29 is 0 Å². The molecule has 1 aromatic heterocycles. The summed E-state index contributed by atoms with van der Waals surface area (Å²) in [5.41, 5.74) is 13.5. The van der Waals surface area contributed by atoms with E-state index < -0.39 is 0 Å². The monoisotopic (exact) mass is 403 g/mol. The van der Waals surface area contributed by atoms with Gasteiger partial charge in [0.2, 0.25) is 0 Å². The summed E-state index contributed by atoms with van der Waals surface area (Å²) < 4.78 is 0. The normalized spacial score (nSPS) is 21.7. The van der Waals surface area contributed by atoms with Crippen LogP contribution in [-0.4, -0.2) is 18.1 Å². The lowest BCUT2D eigenvalue weighted by atomic mass is 9.77.